The molecule has 0 amide bonds. The highest BCUT2D eigenvalue weighted by atomic mass is 16.5. The Morgan fingerprint density at radius 2 is 1.83 bits per heavy atom. The first-order valence-electron chi connectivity index (χ1n) is 9.04. The van der Waals surface area contributed by atoms with E-state index in [-0.39, 0.29) is 11.6 Å². The zero-order valence-electron chi connectivity index (χ0n) is 14.3. The Balaban J connectivity index is 1.88. The lowest BCUT2D eigenvalue weighted by molar-refractivity contribution is 0.105. The fraction of sp³-hybridized carbons (Fsp3) is 0.500. The molecule has 0 bridgehead atoms. The second-order valence-corrected chi connectivity index (χ2v) is 6.91. The molecule has 1 aromatic carbocycles. The maximum atomic E-state index is 13.1. The number of aromatic nitrogens is 2. The standard InChI is InChI=1S/C20H24N2O2/c1-14-12-18-19(17-9-3-2-8-16(14)17)21-13-22(20(18)23)15-6-4-10-24-11-5-7-15/h8-9,12-13,15H,2-7,10-11H2,1H3. The molecule has 1 fully saturated rings. The summed E-state index contributed by atoms with van der Waals surface area (Å²) in [5.41, 5.74) is 2.15. The van der Waals surface area contributed by atoms with Gasteiger partial charge in [-0.2, -0.15) is 0 Å². The van der Waals surface area contributed by atoms with Crippen molar-refractivity contribution >= 4 is 23.1 Å². The van der Waals surface area contributed by atoms with Crippen LogP contribution in [0, 0.1) is 6.92 Å². The van der Waals surface area contributed by atoms with E-state index in [1.54, 1.807) is 6.33 Å². The minimum absolute atomic E-state index is 0.108. The van der Waals surface area contributed by atoms with Gasteiger partial charge < -0.3 is 4.74 Å². The van der Waals surface area contributed by atoms with Crippen molar-refractivity contribution in [2.24, 2.45) is 0 Å². The molecule has 0 saturated carbocycles. The predicted octanol–water partition coefficient (Wildman–Crippen LogP) is 2.19. The minimum Gasteiger partial charge on any atom is -0.381 e. The van der Waals surface area contributed by atoms with Gasteiger partial charge in [0.1, 0.15) is 0 Å². The molecule has 4 heteroatoms. The molecule has 0 N–H and O–H groups in total. The molecule has 2 heterocycles. The quantitative estimate of drug-likeness (QED) is 0.808. The number of nitrogens with zero attached hydrogens (tertiary/aromatic N) is 2. The van der Waals surface area contributed by atoms with Crippen LogP contribution < -0.4 is 16.0 Å². The molecule has 24 heavy (non-hydrogen) atoms. The van der Waals surface area contributed by atoms with E-state index in [9.17, 15) is 4.79 Å². The molecular formula is C20H24N2O2. The van der Waals surface area contributed by atoms with Crippen molar-refractivity contribution in [3.63, 3.8) is 0 Å². The van der Waals surface area contributed by atoms with Crippen molar-refractivity contribution in [2.75, 3.05) is 13.2 Å². The number of benzene rings is 1. The number of ether oxygens (including phenoxy) is 1. The van der Waals surface area contributed by atoms with Crippen LogP contribution >= 0.6 is 0 Å². The van der Waals surface area contributed by atoms with Crippen LogP contribution in [-0.4, -0.2) is 22.8 Å². The number of fused-ring (bicyclic) bond motifs is 3. The summed E-state index contributed by atoms with van der Waals surface area (Å²) in [7, 11) is 0. The van der Waals surface area contributed by atoms with Crippen molar-refractivity contribution in [3.8, 4) is 0 Å². The van der Waals surface area contributed by atoms with Gasteiger partial charge in [0, 0.05) is 24.5 Å². The van der Waals surface area contributed by atoms with Gasteiger partial charge >= 0.3 is 0 Å². The fourth-order valence-corrected chi connectivity index (χ4v) is 4.02. The molecule has 0 unspecified atom stereocenters. The SMILES string of the molecule is Cc1cc2c(=O)n(C3CCCOCCC3)cnc2c2c1=CCCC=2. The molecule has 0 spiro atoms. The number of rotatable bonds is 1. The number of aryl methyl sites for hydroxylation is 1. The Morgan fingerprint density at radius 1 is 1.12 bits per heavy atom. The van der Waals surface area contributed by atoms with Crippen LogP contribution in [0.2, 0.25) is 0 Å². The number of hydrogen-bond donors (Lipinski definition) is 0. The summed E-state index contributed by atoms with van der Waals surface area (Å²) in [6, 6.07) is 2.27. The first-order chi connectivity index (χ1) is 11.8. The van der Waals surface area contributed by atoms with E-state index in [1.807, 2.05) is 10.6 Å². The molecule has 1 aliphatic heterocycles. The summed E-state index contributed by atoms with van der Waals surface area (Å²) in [4.78, 5) is 17.8. The van der Waals surface area contributed by atoms with E-state index in [2.05, 4.69) is 19.1 Å². The molecule has 1 aromatic heterocycles. The lowest BCUT2D eigenvalue weighted by Gasteiger charge is -2.22. The second-order valence-electron chi connectivity index (χ2n) is 6.91. The highest BCUT2D eigenvalue weighted by Crippen LogP contribution is 2.21. The zero-order valence-corrected chi connectivity index (χ0v) is 14.3. The zero-order chi connectivity index (χ0) is 16.5. The van der Waals surface area contributed by atoms with Crippen molar-refractivity contribution < 1.29 is 4.74 Å². The van der Waals surface area contributed by atoms with E-state index in [4.69, 9.17) is 9.72 Å². The lowest BCUT2D eigenvalue weighted by atomic mass is 10.0. The topological polar surface area (TPSA) is 44.1 Å². The predicted molar refractivity (Wildman–Crippen MR) is 96.5 cm³/mol. The second kappa shape index (κ2) is 6.52. The molecule has 2 aliphatic rings. The van der Waals surface area contributed by atoms with Gasteiger partial charge in [0.05, 0.1) is 17.2 Å². The third-order valence-electron chi connectivity index (χ3n) is 5.27. The molecule has 126 valence electrons. The average molecular weight is 324 g/mol. The summed E-state index contributed by atoms with van der Waals surface area (Å²) in [5.74, 6) is 0. The Morgan fingerprint density at radius 3 is 2.58 bits per heavy atom. The van der Waals surface area contributed by atoms with Gasteiger partial charge in [-0.1, -0.05) is 12.2 Å². The van der Waals surface area contributed by atoms with E-state index in [0.717, 1.165) is 67.9 Å². The van der Waals surface area contributed by atoms with E-state index < -0.39 is 0 Å². The monoisotopic (exact) mass is 324 g/mol. The first kappa shape index (κ1) is 15.6. The molecule has 0 atom stereocenters. The Hall–Kier alpha value is -1.94. The molecule has 2 aromatic rings. The van der Waals surface area contributed by atoms with Gasteiger partial charge in [-0.25, -0.2) is 4.98 Å². The van der Waals surface area contributed by atoms with Crippen LogP contribution in [0.1, 0.15) is 50.1 Å². The van der Waals surface area contributed by atoms with Crippen LogP contribution in [0.3, 0.4) is 0 Å². The Bertz CT molecular complexity index is 935. The Labute approximate surface area is 141 Å². The summed E-state index contributed by atoms with van der Waals surface area (Å²) in [5, 5.41) is 3.16. The van der Waals surface area contributed by atoms with E-state index in [1.165, 1.54) is 10.8 Å². The van der Waals surface area contributed by atoms with Gasteiger partial charge in [-0.15, -0.1) is 0 Å². The van der Waals surface area contributed by atoms with Crippen molar-refractivity contribution in [1.82, 2.24) is 9.55 Å². The van der Waals surface area contributed by atoms with Gasteiger partial charge in [0.2, 0.25) is 0 Å². The summed E-state index contributed by atoms with van der Waals surface area (Å²) >= 11 is 0. The van der Waals surface area contributed by atoms with Crippen LogP contribution in [0.4, 0.5) is 0 Å². The highest BCUT2D eigenvalue weighted by molar-refractivity contribution is 5.80. The smallest absolute Gasteiger partial charge is 0.261 e. The third kappa shape index (κ3) is 2.69. The molecule has 1 aliphatic carbocycles. The van der Waals surface area contributed by atoms with Crippen LogP contribution in [0.25, 0.3) is 23.1 Å². The normalized spacial score (nSPS) is 19.0. The fourth-order valence-electron chi connectivity index (χ4n) is 4.02. The molecule has 1 saturated heterocycles. The van der Waals surface area contributed by atoms with Gasteiger partial charge in [-0.05, 0) is 62.3 Å². The van der Waals surface area contributed by atoms with Crippen LogP contribution in [0.15, 0.2) is 17.2 Å². The summed E-state index contributed by atoms with van der Waals surface area (Å²) in [6.45, 7) is 3.69. The highest BCUT2D eigenvalue weighted by Gasteiger charge is 2.17. The maximum Gasteiger partial charge on any atom is 0.261 e. The van der Waals surface area contributed by atoms with Crippen LogP contribution in [0.5, 0.6) is 0 Å². The largest absolute Gasteiger partial charge is 0.381 e. The molecule has 0 radical (unpaired) electrons. The third-order valence-corrected chi connectivity index (χ3v) is 5.27. The van der Waals surface area contributed by atoms with Crippen LogP contribution in [-0.2, 0) is 4.74 Å². The minimum atomic E-state index is 0.108. The number of hydrogen-bond acceptors (Lipinski definition) is 3. The van der Waals surface area contributed by atoms with E-state index >= 15 is 0 Å². The van der Waals surface area contributed by atoms with Gasteiger partial charge in [0.25, 0.3) is 5.56 Å². The van der Waals surface area contributed by atoms with Gasteiger partial charge in [0.15, 0.2) is 0 Å². The molecule has 4 rings (SSSR count). The molecule has 4 nitrogen and oxygen atoms in total. The summed E-state index contributed by atoms with van der Waals surface area (Å²) in [6.07, 6.45) is 12.3. The van der Waals surface area contributed by atoms with Crippen molar-refractivity contribution in [3.05, 3.63) is 38.7 Å². The average Bonchev–Trinajstić information content (AvgIpc) is 2.57. The Kier molecular flexibility index (Phi) is 4.23. The molecular weight excluding hydrogens is 300 g/mol. The van der Waals surface area contributed by atoms with Crippen molar-refractivity contribution in [2.45, 2.75) is 51.5 Å². The maximum absolute atomic E-state index is 13.1. The first-order valence-corrected chi connectivity index (χ1v) is 9.04. The summed E-state index contributed by atoms with van der Waals surface area (Å²) < 4.78 is 7.39. The van der Waals surface area contributed by atoms with Crippen molar-refractivity contribution in [1.29, 1.82) is 0 Å². The van der Waals surface area contributed by atoms with E-state index in [0.29, 0.717) is 0 Å². The van der Waals surface area contributed by atoms with Gasteiger partial charge in [-0.3, -0.25) is 9.36 Å². The lowest BCUT2D eigenvalue weighted by Crippen LogP contribution is -2.34.